The Kier molecular flexibility index (Phi) is 2.46. The van der Waals surface area contributed by atoms with Gasteiger partial charge in [-0.05, 0) is 31.0 Å². The van der Waals surface area contributed by atoms with Crippen molar-refractivity contribution in [2.75, 3.05) is 11.5 Å². The fourth-order valence-corrected chi connectivity index (χ4v) is 5.53. The summed E-state index contributed by atoms with van der Waals surface area (Å²) >= 11 is 3.48. The number of halogens is 1. The van der Waals surface area contributed by atoms with E-state index in [2.05, 4.69) is 29.8 Å². The molecule has 6 unspecified atom stereocenters. The minimum absolute atomic E-state index is 0.0269. The minimum atomic E-state index is -0.440. The standard InChI is InChI=1S/C17H16BrNO4/c1-7-12-13-9(6-22-16(13)21)14-17(7,2)19(15(12)20)10-5-8(18)3-4-11(10)23-14/h3-5,7,9,12-14H,6H2,1-2H3. The van der Waals surface area contributed by atoms with Crippen molar-refractivity contribution in [3.63, 3.8) is 0 Å². The van der Waals surface area contributed by atoms with Gasteiger partial charge in [0.2, 0.25) is 5.91 Å². The maximum atomic E-state index is 13.2. The van der Waals surface area contributed by atoms with Gasteiger partial charge in [0, 0.05) is 10.4 Å². The van der Waals surface area contributed by atoms with Crippen molar-refractivity contribution in [2.45, 2.75) is 25.5 Å². The number of cyclic esters (lactones) is 1. The van der Waals surface area contributed by atoms with Crippen molar-refractivity contribution >= 4 is 33.5 Å². The molecule has 4 aliphatic rings. The molecule has 3 aliphatic heterocycles. The average molecular weight is 378 g/mol. The average Bonchev–Trinajstić information content (AvgIpc) is 2.95. The molecule has 0 radical (unpaired) electrons. The summed E-state index contributed by atoms with van der Waals surface area (Å²) in [5, 5.41) is 0. The SMILES string of the molecule is CC1C2C(=O)N3c4cc(Br)ccc4OC(C4COC(=O)C42)C13C. The molecule has 1 amide bonds. The van der Waals surface area contributed by atoms with Crippen molar-refractivity contribution in [1.82, 2.24) is 0 Å². The van der Waals surface area contributed by atoms with E-state index in [4.69, 9.17) is 9.47 Å². The molecule has 2 saturated heterocycles. The molecule has 3 fully saturated rings. The van der Waals surface area contributed by atoms with Crippen molar-refractivity contribution in [3.8, 4) is 5.75 Å². The number of fused-ring (bicyclic) bond motifs is 6. The summed E-state index contributed by atoms with van der Waals surface area (Å²) < 4.78 is 12.5. The third-order valence-electron chi connectivity index (χ3n) is 6.37. The summed E-state index contributed by atoms with van der Waals surface area (Å²) in [5.41, 5.74) is 0.357. The maximum Gasteiger partial charge on any atom is 0.310 e. The van der Waals surface area contributed by atoms with E-state index in [0.29, 0.717) is 12.4 Å². The molecule has 6 heteroatoms. The van der Waals surface area contributed by atoms with Crippen LogP contribution in [0.25, 0.3) is 0 Å². The van der Waals surface area contributed by atoms with Crippen LogP contribution in [0, 0.1) is 23.7 Å². The number of nitrogens with zero attached hydrogens (tertiary/aromatic N) is 1. The highest BCUT2D eigenvalue weighted by molar-refractivity contribution is 9.10. The topological polar surface area (TPSA) is 55.8 Å². The Hall–Kier alpha value is -1.56. The van der Waals surface area contributed by atoms with E-state index >= 15 is 0 Å². The first kappa shape index (κ1) is 13.8. The Morgan fingerprint density at radius 1 is 1.30 bits per heavy atom. The van der Waals surface area contributed by atoms with Crippen LogP contribution in [0.15, 0.2) is 22.7 Å². The number of benzene rings is 1. The molecule has 120 valence electrons. The first-order chi connectivity index (χ1) is 10.9. The molecule has 1 aromatic carbocycles. The number of hydrogen-bond donors (Lipinski definition) is 0. The zero-order valence-electron chi connectivity index (χ0n) is 12.8. The van der Waals surface area contributed by atoms with Crippen LogP contribution in [0.2, 0.25) is 0 Å². The largest absolute Gasteiger partial charge is 0.485 e. The highest BCUT2D eigenvalue weighted by atomic mass is 79.9. The lowest BCUT2D eigenvalue weighted by Crippen LogP contribution is -2.64. The van der Waals surface area contributed by atoms with Gasteiger partial charge in [0.1, 0.15) is 11.9 Å². The Balaban J connectivity index is 1.78. The zero-order chi connectivity index (χ0) is 16.1. The van der Waals surface area contributed by atoms with Gasteiger partial charge in [0.15, 0.2) is 0 Å². The number of hydrogen-bond acceptors (Lipinski definition) is 4. The number of ether oxygens (including phenoxy) is 2. The minimum Gasteiger partial charge on any atom is -0.485 e. The molecule has 6 atom stereocenters. The molecule has 5 rings (SSSR count). The summed E-state index contributed by atoms with van der Waals surface area (Å²) in [6.07, 6.45) is -0.217. The van der Waals surface area contributed by atoms with Crippen molar-refractivity contribution in [3.05, 3.63) is 22.7 Å². The first-order valence-electron chi connectivity index (χ1n) is 7.91. The fraction of sp³-hybridized carbons (Fsp3) is 0.529. The van der Waals surface area contributed by atoms with E-state index in [9.17, 15) is 9.59 Å². The number of amides is 1. The Bertz CT molecular complexity index is 765. The molecule has 3 heterocycles. The van der Waals surface area contributed by atoms with E-state index in [1.807, 2.05) is 23.1 Å². The van der Waals surface area contributed by atoms with E-state index < -0.39 is 5.54 Å². The second-order valence-electron chi connectivity index (χ2n) is 7.18. The van der Waals surface area contributed by atoms with Gasteiger partial charge in [-0.1, -0.05) is 22.9 Å². The molecule has 0 aromatic heterocycles. The molecule has 1 aliphatic carbocycles. The van der Waals surface area contributed by atoms with Gasteiger partial charge in [0.25, 0.3) is 0 Å². The van der Waals surface area contributed by atoms with Gasteiger partial charge < -0.3 is 9.47 Å². The molecule has 0 spiro atoms. The van der Waals surface area contributed by atoms with Gasteiger partial charge in [-0.15, -0.1) is 0 Å². The van der Waals surface area contributed by atoms with Gasteiger partial charge >= 0.3 is 5.97 Å². The summed E-state index contributed by atoms with van der Waals surface area (Å²) in [6, 6.07) is 5.72. The third-order valence-corrected chi connectivity index (χ3v) is 6.86. The van der Waals surface area contributed by atoms with E-state index in [1.54, 1.807) is 0 Å². The lowest BCUT2D eigenvalue weighted by molar-refractivity contribution is -0.146. The van der Waals surface area contributed by atoms with Gasteiger partial charge in [-0.3, -0.25) is 14.5 Å². The number of carbonyl (C=O) groups excluding carboxylic acids is 2. The molecule has 1 saturated carbocycles. The van der Waals surface area contributed by atoms with Crippen molar-refractivity contribution in [2.24, 2.45) is 23.7 Å². The molecular formula is C17H16BrNO4. The first-order valence-corrected chi connectivity index (χ1v) is 8.71. The lowest BCUT2D eigenvalue weighted by atomic mass is 9.61. The highest BCUT2D eigenvalue weighted by Crippen LogP contribution is 2.61. The molecule has 5 nitrogen and oxygen atoms in total. The van der Waals surface area contributed by atoms with Crippen LogP contribution >= 0.6 is 15.9 Å². The summed E-state index contributed by atoms with van der Waals surface area (Å²) in [6.45, 7) is 4.49. The van der Waals surface area contributed by atoms with Crippen LogP contribution in [-0.4, -0.2) is 30.1 Å². The lowest BCUT2D eigenvalue weighted by Gasteiger charge is -2.52. The number of anilines is 1. The Morgan fingerprint density at radius 3 is 2.87 bits per heavy atom. The molecule has 23 heavy (non-hydrogen) atoms. The molecule has 0 N–H and O–H groups in total. The third kappa shape index (κ3) is 1.40. The van der Waals surface area contributed by atoms with Crippen LogP contribution in [-0.2, 0) is 14.3 Å². The van der Waals surface area contributed by atoms with Crippen molar-refractivity contribution < 1.29 is 19.1 Å². The molecule has 2 bridgehead atoms. The summed E-state index contributed by atoms with van der Waals surface area (Å²) in [7, 11) is 0. The summed E-state index contributed by atoms with van der Waals surface area (Å²) in [5.74, 6) is -0.220. The van der Waals surface area contributed by atoms with E-state index in [0.717, 1.165) is 10.2 Å². The zero-order valence-corrected chi connectivity index (χ0v) is 14.4. The maximum absolute atomic E-state index is 13.2. The molecular weight excluding hydrogens is 362 g/mol. The second-order valence-corrected chi connectivity index (χ2v) is 8.10. The number of carbonyl (C=O) groups is 2. The van der Waals surface area contributed by atoms with E-state index in [1.165, 1.54) is 0 Å². The van der Waals surface area contributed by atoms with Gasteiger partial charge in [0.05, 0.1) is 29.7 Å². The van der Waals surface area contributed by atoms with Crippen LogP contribution in [0.5, 0.6) is 5.75 Å². The van der Waals surface area contributed by atoms with Crippen molar-refractivity contribution in [1.29, 1.82) is 0 Å². The second kappa shape index (κ2) is 4.09. The fourth-order valence-electron chi connectivity index (χ4n) is 5.18. The van der Waals surface area contributed by atoms with Crippen LogP contribution in [0.3, 0.4) is 0 Å². The van der Waals surface area contributed by atoms with Crippen LogP contribution in [0.1, 0.15) is 13.8 Å². The highest BCUT2D eigenvalue weighted by Gasteiger charge is 2.72. The smallest absolute Gasteiger partial charge is 0.310 e. The van der Waals surface area contributed by atoms with Crippen LogP contribution in [0.4, 0.5) is 5.69 Å². The van der Waals surface area contributed by atoms with Gasteiger partial charge in [-0.2, -0.15) is 0 Å². The quantitative estimate of drug-likeness (QED) is 0.651. The Morgan fingerprint density at radius 2 is 2.09 bits per heavy atom. The van der Waals surface area contributed by atoms with Crippen LogP contribution < -0.4 is 9.64 Å². The number of rotatable bonds is 0. The van der Waals surface area contributed by atoms with E-state index in [-0.39, 0.29) is 41.7 Å². The van der Waals surface area contributed by atoms with Gasteiger partial charge in [-0.25, -0.2) is 0 Å². The predicted molar refractivity (Wildman–Crippen MR) is 85.0 cm³/mol. The summed E-state index contributed by atoms with van der Waals surface area (Å²) in [4.78, 5) is 27.4. The number of esters is 1. The monoisotopic (exact) mass is 377 g/mol. The normalized spacial score (nSPS) is 42.9. The Labute approximate surface area is 142 Å². The predicted octanol–water partition coefficient (Wildman–Crippen LogP) is 2.37. The molecule has 1 aromatic rings.